The van der Waals surface area contributed by atoms with Gasteiger partial charge in [0.25, 0.3) is 10.0 Å². The molecule has 0 saturated carbocycles. The third kappa shape index (κ3) is 7.21. The van der Waals surface area contributed by atoms with Crippen LogP contribution in [-0.2, 0) is 16.6 Å². The molecule has 0 radical (unpaired) electrons. The Kier molecular flexibility index (Phi) is 9.05. The molecule has 0 amide bonds. The zero-order valence-corrected chi connectivity index (χ0v) is 26.4. The van der Waals surface area contributed by atoms with Gasteiger partial charge >= 0.3 is 0 Å². The maximum absolute atomic E-state index is 14.4. The van der Waals surface area contributed by atoms with E-state index in [-0.39, 0.29) is 5.69 Å². The molecule has 0 aliphatic carbocycles. The Morgan fingerprint density at radius 3 is 2.33 bits per heavy atom. The largest absolute Gasteiger partial charge is 0.497 e. The van der Waals surface area contributed by atoms with E-state index in [1.165, 1.54) is 0 Å². The molecule has 1 aliphatic rings. The van der Waals surface area contributed by atoms with E-state index < -0.39 is 26.6 Å². The zero-order valence-electron chi connectivity index (χ0n) is 25.6. The molecule has 11 heteroatoms. The second-order valence-electron chi connectivity index (χ2n) is 11.5. The van der Waals surface area contributed by atoms with Crippen molar-refractivity contribution in [2.45, 2.75) is 30.3 Å². The minimum Gasteiger partial charge on any atom is -0.497 e. The van der Waals surface area contributed by atoms with Crippen LogP contribution in [0.3, 0.4) is 0 Å². The van der Waals surface area contributed by atoms with E-state index in [1.807, 2.05) is 53.3 Å². The Labute approximate surface area is 267 Å². The first kappa shape index (κ1) is 31.3. The van der Waals surface area contributed by atoms with Crippen molar-refractivity contribution in [1.82, 2.24) is 14.7 Å². The van der Waals surface area contributed by atoms with E-state index in [4.69, 9.17) is 9.84 Å². The summed E-state index contributed by atoms with van der Waals surface area (Å²) < 4.78 is 63.8. The first-order chi connectivity index (χ1) is 22.2. The zero-order chi connectivity index (χ0) is 32.3. The SMILES string of the molecule is COc1ccc(Cn2cc(-c3cccc(NC4CCN(C)CC4)c3)c(-c3cccc(NS(=O)(=O)c4cc(F)ccc4F)c3)n2)cc1. The lowest BCUT2D eigenvalue weighted by Gasteiger charge is -2.30. The van der Waals surface area contributed by atoms with E-state index in [1.54, 1.807) is 25.3 Å². The van der Waals surface area contributed by atoms with E-state index >= 15 is 0 Å². The number of nitrogens with zero attached hydrogens (tertiary/aromatic N) is 3. The maximum atomic E-state index is 14.4. The number of ether oxygens (including phenoxy) is 1. The van der Waals surface area contributed by atoms with Gasteiger partial charge in [-0.05, 0) is 98.7 Å². The van der Waals surface area contributed by atoms with E-state index in [0.29, 0.717) is 29.9 Å². The number of aromatic nitrogens is 2. The van der Waals surface area contributed by atoms with Gasteiger partial charge in [-0.2, -0.15) is 5.10 Å². The number of nitrogens with one attached hydrogen (secondary N) is 2. The van der Waals surface area contributed by atoms with Gasteiger partial charge in [-0.3, -0.25) is 9.40 Å². The lowest BCUT2D eigenvalue weighted by atomic mass is 10.0. The fourth-order valence-corrected chi connectivity index (χ4v) is 6.77. The molecule has 1 fully saturated rings. The van der Waals surface area contributed by atoms with Gasteiger partial charge in [0.2, 0.25) is 0 Å². The monoisotopic (exact) mass is 643 g/mol. The molecule has 2 heterocycles. The average Bonchev–Trinajstić information content (AvgIpc) is 3.47. The number of likely N-dealkylation sites (tertiary alicyclic amines) is 1. The minimum absolute atomic E-state index is 0.189. The van der Waals surface area contributed by atoms with Crippen LogP contribution >= 0.6 is 0 Å². The van der Waals surface area contributed by atoms with Gasteiger partial charge in [-0.15, -0.1) is 0 Å². The maximum Gasteiger partial charge on any atom is 0.264 e. The Morgan fingerprint density at radius 1 is 0.891 bits per heavy atom. The van der Waals surface area contributed by atoms with Crippen molar-refractivity contribution in [3.8, 4) is 28.1 Å². The molecular weight excluding hydrogens is 608 g/mol. The van der Waals surface area contributed by atoms with Crippen LogP contribution in [0.25, 0.3) is 22.4 Å². The number of hydrogen-bond acceptors (Lipinski definition) is 6. The summed E-state index contributed by atoms with van der Waals surface area (Å²) in [6.45, 7) is 2.59. The summed E-state index contributed by atoms with van der Waals surface area (Å²) in [4.78, 5) is 1.57. The van der Waals surface area contributed by atoms with Gasteiger partial charge in [0.05, 0.1) is 13.7 Å². The first-order valence-corrected chi connectivity index (χ1v) is 16.5. The molecule has 1 saturated heterocycles. The normalized spacial score (nSPS) is 14.3. The molecule has 0 bridgehead atoms. The van der Waals surface area contributed by atoms with Gasteiger partial charge in [0.1, 0.15) is 28.0 Å². The number of piperidine rings is 1. The van der Waals surface area contributed by atoms with Gasteiger partial charge in [0, 0.05) is 34.7 Å². The summed E-state index contributed by atoms with van der Waals surface area (Å²) >= 11 is 0. The summed E-state index contributed by atoms with van der Waals surface area (Å²) in [5.74, 6) is -1.13. The van der Waals surface area contributed by atoms with Crippen molar-refractivity contribution in [3.05, 3.63) is 114 Å². The minimum atomic E-state index is -4.40. The van der Waals surface area contributed by atoms with Crippen LogP contribution in [-0.4, -0.2) is 56.4 Å². The van der Waals surface area contributed by atoms with Crippen molar-refractivity contribution in [2.75, 3.05) is 37.3 Å². The number of hydrogen-bond donors (Lipinski definition) is 2. The summed E-state index contributed by atoms with van der Waals surface area (Å²) in [5.41, 5.74) is 5.32. The smallest absolute Gasteiger partial charge is 0.264 e. The van der Waals surface area contributed by atoms with Gasteiger partial charge in [0.15, 0.2) is 0 Å². The standard InChI is InChI=1S/C35H35F2N5O3S/c1-41-17-15-28(16-18-41)38-29-7-3-5-25(19-29)32-23-42(22-24-9-12-31(45-2)13-10-24)39-35(32)26-6-4-8-30(20-26)40-46(43,44)34-21-27(36)11-14-33(34)37/h3-14,19-21,23,28,38,40H,15-18,22H2,1-2H3. The molecule has 5 aromatic rings. The molecule has 46 heavy (non-hydrogen) atoms. The predicted molar refractivity (Wildman–Crippen MR) is 177 cm³/mol. The van der Waals surface area contributed by atoms with E-state index in [2.05, 4.69) is 34.1 Å². The fourth-order valence-electron chi connectivity index (χ4n) is 5.63. The molecule has 6 rings (SSSR count). The molecule has 0 unspecified atom stereocenters. The summed E-state index contributed by atoms with van der Waals surface area (Å²) in [7, 11) is -0.639. The number of rotatable bonds is 10. The highest BCUT2D eigenvalue weighted by Crippen LogP contribution is 2.34. The summed E-state index contributed by atoms with van der Waals surface area (Å²) in [6, 6.07) is 25.4. The molecule has 238 valence electrons. The highest BCUT2D eigenvalue weighted by Gasteiger charge is 2.22. The highest BCUT2D eigenvalue weighted by atomic mass is 32.2. The molecule has 0 spiro atoms. The van der Waals surface area contributed by atoms with E-state index in [9.17, 15) is 17.2 Å². The molecule has 8 nitrogen and oxygen atoms in total. The lowest BCUT2D eigenvalue weighted by molar-refractivity contribution is 0.264. The Balaban J connectivity index is 1.35. The van der Waals surface area contributed by atoms with Gasteiger partial charge < -0.3 is 15.0 Å². The van der Waals surface area contributed by atoms with Crippen molar-refractivity contribution < 1.29 is 21.9 Å². The second kappa shape index (κ2) is 13.3. The van der Waals surface area contributed by atoms with Crippen molar-refractivity contribution in [1.29, 1.82) is 0 Å². The average molecular weight is 644 g/mol. The Morgan fingerprint density at radius 2 is 1.59 bits per heavy atom. The number of sulfonamides is 1. The number of halogens is 2. The third-order valence-electron chi connectivity index (χ3n) is 8.10. The number of benzene rings is 4. The Bertz CT molecular complexity index is 1940. The Hall–Kier alpha value is -4.74. The highest BCUT2D eigenvalue weighted by molar-refractivity contribution is 7.92. The number of methoxy groups -OCH3 is 1. The quantitative estimate of drug-likeness (QED) is 0.173. The second-order valence-corrected chi connectivity index (χ2v) is 13.2. The van der Waals surface area contributed by atoms with Crippen LogP contribution in [0.15, 0.2) is 102 Å². The van der Waals surface area contributed by atoms with Crippen LogP contribution in [0.5, 0.6) is 5.75 Å². The topological polar surface area (TPSA) is 88.5 Å². The van der Waals surface area contributed by atoms with Crippen molar-refractivity contribution in [2.24, 2.45) is 0 Å². The third-order valence-corrected chi connectivity index (χ3v) is 9.50. The molecular formula is C35H35F2N5O3S. The van der Waals surface area contributed by atoms with Crippen LogP contribution in [0, 0.1) is 11.6 Å². The number of anilines is 2. The van der Waals surface area contributed by atoms with Gasteiger partial charge in [-0.25, -0.2) is 17.2 Å². The fraction of sp³-hybridized carbons (Fsp3) is 0.229. The molecule has 1 aliphatic heterocycles. The van der Waals surface area contributed by atoms with Crippen LogP contribution in [0.2, 0.25) is 0 Å². The van der Waals surface area contributed by atoms with Crippen LogP contribution in [0.1, 0.15) is 18.4 Å². The summed E-state index contributed by atoms with van der Waals surface area (Å²) in [6.07, 6.45) is 4.11. The lowest BCUT2D eigenvalue weighted by Crippen LogP contribution is -2.36. The predicted octanol–water partition coefficient (Wildman–Crippen LogP) is 6.86. The van der Waals surface area contributed by atoms with E-state index in [0.717, 1.165) is 66.2 Å². The molecule has 4 aromatic carbocycles. The van der Waals surface area contributed by atoms with Crippen molar-refractivity contribution in [3.63, 3.8) is 0 Å². The first-order valence-electron chi connectivity index (χ1n) is 15.0. The van der Waals surface area contributed by atoms with Crippen LogP contribution in [0.4, 0.5) is 20.2 Å². The van der Waals surface area contributed by atoms with Gasteiger partial charge in [-0.1, -0.05) is 36.4 Å². The molecule has 0 atom stereocenters. The van der Waals surface area contributed by atoms with Crippen molar-refractivity contribution >= 4 is 21.4 Å². The molecule has 2 N–H and O–H groups in total. The molecule has 1 aromatic heterocycles. The van der Waals surface area contributed by atoms with Crippen LogP contribution < -0.4 is 14.8 Å². The summed E-state index contributed by atoms with van der Waals surface area (Å²) in [5, 5.41) is 8.63.